The molecule has 2 aliphatic rings. The van der Waals surface area contributed by atoms with Crippen LogP contribution >= 0.6 is 10.0 Å². The van der Waals surface area contributed by atoms with Gasteiger partial charge in [-0.15, -0.1) is 0 Å². The second-order valence-corrected chi connectivity index (χ2v) is 16.6. The number of carbonyl (C=O) groups excluding carboxylic acids is 1. The van der Waals surface area contributed by atoms with Crippen LogP contribution in [0.15, 0.2) is 24.3 Å². The van der Waals surface area contributed by atoms with Crippen LogP contribution in [0, 0.1) is 5.41 Å². The molecule has 1 aliphatic heterocycles. The van der Waals surface area contributed by atoms with Crippen molar-refractivity contribution < 1.29 is 26.4 Å². The number of hydrogen-bond donors (Lipinski definition) is 0. The average molecular weight is 508 g/mol. The first-order valence-electron chi connectivity index (χ1n) is 11.6. The van der Waals surface area contributed by atoms with Crippen molar-refractivity contribution in [3.05, 3.63) is 35.4 Å². The van der Waals surface area contributed by atoms with E-state index in [0.717, 1.165) is 0 Å². The topological polar surface area (TPSA) is 54.5 Å². The van der Waals surface area contributed by atoms with Gasteiger partial charge in [0.25, 0.3) is 0 Å². The lowest BCUT2D eigenvalue weighted by Gasteiger charge is -2.52. The Hall–Kier alpha value is -1.06. The van der Waals surface area contributed by atoms with Crippen LogP contribution < -0.4 is 0 Å². The Kier molecular flexibility index (Phi) is 7.67. The zero-order valence-electron chi connectivity index (χ0n) is 20.0. The number of rotatable bonds is 5. The third kappa shape index (κ3) is 5.61. The third-order valence-corrected chi connectivity index (χ3v) is 13.0. The van der Waals surface area contributed by atoms with Gasteiger partial charge >= 0.3 is 15.5 Å². The normalized spacial score (nSPS) is 23.1. The van der Waals surface area contributed by atoms with E-state index in [0.29, 0.717) is 15.8 Å². The molecule has 0 radical (unpaired) electrons. The van der Waals surface area contributed by atoms with E-state index in [4.69, 9.17) is 0 Å². The third-order valence-electron chi connectivity index (χ3n) is 7.11. The molecular weight excluding hydrogens is 471 g/mol. The molecule has 1 aliphatic carbocycles. The van der Waals surface area contributed by atoms with Crippen molar-refractivity contribution in [3.8, 4) is 0 Å². The lowest BCUT2D eigenvalue weighted by molar-refractivity contribution is -0.0487. The highest BCUT2D eigenvalue weighted by Gasteiger charge is 2.52. The van der Waals surface area contributed by atoms with Crippen LogP contribution in [0.2, 0.25) is 0 Å². The Balaban J connectivity index is 1.80. The molecule has 0 spiro atoms. The van der Waals surface area contributed by atoms with Gasteiger partial charge in [0, 0.05) is 18.7 Å². The van der Waals surface area contributed by atoms with Crippen LogP contribution in [0.4, 0.5) is 13.2 Å². The van der Waals surface area contributed by atoms with Crippen molar-refractivity contribution in [2.75, 3.05) is 30.9 Å². The minimum atomic E-state index is -5.34. The molecule has 9 heteroatoms. The first-order valence-corrected chi connectivity index (χ1v) is 15.5. The van der Waals surface area contributed by atoms with Crippen LogP contribution in [0.3, 0.4) is 0 Å². The Morgan fingerprint density at radius 3 is 1.97 bits per heavy atom. The number of nitrogens with zero attached hydrogens (tertiary/aromatic N) is 1. The second kappa shape index (κ2) is 9.53. The van der Waals surface area contributed by atoms with Crippen molar-refractivity contribution in [1.29, 1.82) is 0 Å². The summed E-state index contributed by atoms with van der Waals surface area (Å²) in [6.45, 7) is 5.57. The van der Waals surface area contributed by atoms with E-state index < -0.39 is 31.0 Å². The highest BCUT2D eigenvalue weighted by atomic mass is 32.3. The number of hydrogen-bond acceptors (Lipinski definition) is 3. The van der Waals surface area contributed by atoms with E-state index in [1.165, 1.54) is 37.7 Å². The van der Waals surface area contributed by atoms with Gasteiger partial charge in [-0.05, 0) is 47.5 Å². The van der Waals surface area contributed by atoms with E-state index in [-0.39, 0.29) is 35.6 Å². The number of Topliss-reactive ketones (excluding diaryl/α,β-unsaturated/α-hetero) is 1. The van der Waals surface area contributed by atoms with Gasteiger partial charge in [0.15, 0.2) is 5.78 Å². The zero-order chi connectivity index (χ0) is 24.7. The fourth-order valence-electron chi connectivity index (χ4n) is 5.47. The zero-order valence-corrected chi connectivity index (χ0v) is 21.6. The summed E-state index contributed by atoms with van der Waals surface area (Å²) in [5, 5.41) is -0.360. The van der Waals surface area contributed by atoms with Gasteiger partial charge in [0.2, 0.25) is 0 Å². The molecule has 1 atom stereocenters. The Labute approximate surface area is 197 Å². The molecule has 0 aromatic heterocycles. The van der Waals surface area contributed by atoms with Crippen LogP contribution in [-0.4, -0.2) is 60.1 Å². The van der Waals surface area contributed by atoms with E-state index in [2.05, 4.69) is 12.1 Å². The Bertz CT molecular complexity index is 939. The number of halogens is 3. The highest BCUT2D eigenvalue weighted by molar-refractivity contribution is 8.34. The van der Waals surface area contributed by atoms with E-state index in [1.54, 1.807) is 0 Å². The summed E-state index contributed by atoms with van der Waals surface area (Å²) in [5.74, 6) is 1.14. The summed E-state index contributed by atoms with van der Waals surface area (Å²) >= 11 is 0. The minimum Gasteiger partial charge on any atom is -0.293 e. The van der Waals surface area contributed by atoms with Crippen molar-refractivity contribution in [2.45, 2.75) is 69.6 Å². The summed E-state index contributed by atoms with van der Waals surface area (Å²) in [5.41, 5.74) is -3.79. The van der Waals surface area contributed by atoms with Crippen LogP contribution in [0.25, 0.3) is 0 Å². The van der Waals surface area contributed by atoms with Gasteiger partial charge in [-0.2, -0.15) is 17.5 Å². The fourth-order valence-corrected chi connectivity index (χ4v) is 11.0. The summed E-state index contributed by atoms with van der Waals surface area (Å²) < 4.78 is 63.2. The van der Waals surface area contributed by atoms with Crippen molar-refractivity contribution in [1.82, 2.24) is 4.31 Å². The molecule has 1 aromatic carbocycles. The van der Waals surface area contributed by atoms with Gasteiger partial charge < -0.3 is 0 Å². The molecule has 3 rings (SSSR count). The summed E-state index contributed by atoms with van der Waals surface area (Å²) in [7, 11) is -7.02. The maximum atomic E-state index is 13.7. The van der Waals surface area contributed by atoms with Crippen LogP contribution in [0.5, 0.6) is 0 Å². The molecule has 0 amide bonds. The van der Waals surface area contributed by atoms with E-state index >= 15 is 0 Å². The number of carbonyl (C=O) groups is 1. The van der Waals surface area contributed by atoms with Crippen molar-refractivity contribution >= 4 is 25.8 Å². The minimum absolute atomic E-state index is 0.0160. The van der Waals surface area contributed by atoms with Gasteiger partial charge in [0.05, 0.1) is 5.25 Å². The molecule has 1 saturated heterocycles. The quantitative estimate of drug-likeness (QED) is 0.464. The highest BCUT2D eigenvalue weighted by Crippen LogP contribution is 2.57. The monoisotopic (exact) mass is 507 g/mol. The largest absolute Gasteiger partial charge is 0.511 e. The summed E-state index contributed by atoms with van der Waals surface area (Å²) in [6.07, 6.45) is 8.10. The first-order chi connectivity index (χ1) is 15.2. The van der Waals surface area contributed by atoms with Crippen molar-refractivity contribution in [3.63, 3.8) is 0 Å². The van der Waals surface area contributed by atoms with Crippen LogP contribution in [0.1, 0.15) is 74.7 Å². The Morgan fingerprint density at radius 1 is 1.00 bits per heavy atom. The molecule has 2 fully saturated rings. The van der Waals surface area contributed by atoms with E-state index in [9.17, 15) is 26.4 Å². The smallest absolute Gasteiger partial charge is 0.293 e. The Morgan fingerprint density at radius 2 is 1.52 bits per heavy atom. The van der Waals surface area contributed by atoms with Gasteiger partial charge in [0.1, 0.15) is 0 Å². The van der Waals surface area contributed by atoms with Gasteiger partial charge in [-0.1, -0.05) is 64.3 Å². The predicted octanol–water partition coefficient (Wildman–Crippen LogP) is 5.93. The number of ketones is 1. The van der Waals surface area contributed by atoms with Crippen molar-refractivity contribution in [2.24, 2.45) is 5.41 Å². The van der Waals surface area contributed by atoms with Gasteiger partial charge in [-0.3, -0.25) is 4.79 Å². The standard InChI is InChI=1S/C24H36F3NO3S2/c1-23(2,3)22(32(4)16-14-28(15-17-32)33(30,31)24(25,26)27)21(29)20-12-10-19(11-13-20)18-8-6-5-7-9-18/h10-13,18,22H,5-9,14-17H2,1-4H3. The number of sulfonamides is 1. The molecule has 1 saturated carbocycles. The number of benzene rings is 1. The summed E-state index contributed by atoms with van der Waals surface area (Å²) in [4.78, 5) is 13.7. The molecule has 4 nitrogen and oxygen atoms in total. The average Bonchev–Trinajstić information content (AvgIpc) is 2.73. The molecular formula is C24H36F3NO3S2. The molecule has 188 valence electrons. The molecule has 1 aromatic rings. The van der Waals surface area contributed by atoms with E-state index in [1.807, 2.05) is 39.2 Å². The van der Waals surface area contributed by atoms with Gasteiger partial charge in [-0.25, -0.2) is 18.4 Å². The molecule has 0 N–H and O–H groups in total. The molecule has 0 bridgehead atoms. The van der Waals surface area contributed by atoms with Crippen LogP contribution in [-0.2, 0) is 10.0 Å². The lowest BCUT2D eigenvalue weighted by Crippen LogP contribution is -2.51. The maximum absolute atomic E-state index is 13.7. The predicted molar refractivity (Wildman–Crippen MR) is 130 cm³/mol. The molecule has 1 unspecified atom stereocenters. The second-order valence-electron chi connectivity index (χ2n) is 10.7. The SMILES string of the molecule is CC(C)(C)C(C(=O)c1ccc(C2CCCCC2)cc1)S1(C)CCN(S(=O)(=O)C(F)(F)F)CC1. The lowest BCUT2D eigenvalue weighted by atomic mass is 9.83. The fraction of sp³-hybridized carbons (Fsp3) is 0.708. The first kappa shape index (κ1) is 26.5. The molecule has 33 heavy (non-hydrogen) atoms. The maximum Gasteiger partial charge on any atom is 0.511 e. The number of alkyl halides is 3. The summed E-state index contributed by atoms with van der Waals surface area (Å²) in [6, 6.07) is 7.91. The molecule has 1 heterocycles.